The molecule has 2 aromatic heterocycles. The van der Waals surface area contributed by atoms with Crippen LogP contribution in [0.3, 0.4) is 0 Å². The Morgan fingerprint density at radius 3 is 2.84 bits per heavy atom. The summed E-state index contributed by atoms with van der Waals surface area (Å²) in [6.07, 6.45) is 6.69. The molecular weight excluding hydrogens is 246 g/mol. The molecule has 7 heteroatoms. The SMILES string of the molecule is CCC(NC(=O)c1c[nH]c(=O)cn1)c1cnn(C)c1. The number of aromatic amines is 1. The van der Waals surface area contributed by atoms with Crippen molar-refractivity contribution in [3.05, 3.63) is 46.4 Å². The standard InChI is InChI=1S/C12H15N5O2/c1-3-9(8-4-15-17(2)7-8)16-12(19)10-5-14-11(18)6-13-10/h4-7,9H,3H2,1-2H3,(H,14,18)(H,16,19). The summed E-state index contributed by atoms with van der Waals surface area (Å²) in [5.74, 6) is -0.327. The highest BCUT2D eigenvalue weighted by molar-refractivity contribution is 5.92. The summed E-state index contributed by atoms with van der Waals surface area (Å²) in [6, 6.07) is -0.130. The van der Waals surface area contributed by atoms with Crippen molar-refractivity contribution in [2.75, 3.05) is 0 Å². The first-order valence-corrected chi connectivity index (χ1v) is 5.94. The minimum Gasteiger partial charge on any atom is -0.344 e. The number of carbonyl (C=O) groups excluding carboxylic acids is 1. The number of amides is 1. The third-order valence-corrected chi connectivity index (χ3v) is 2.75. The van der Waals surface area contributed by atoms with Crippen molar-refractivity contribution < 1.29 is 4.79 Å². The molecule has 0 aliphatic heterocycles. The van der Waals surface area contributed by atoms with E-state index in [2.05, 4.69) is 20.4 Å². The fourth-order valence-electron chi connectivity index (χ4n) is 1.74. The molecule has 0 saturated heterocycles. The maximum absolute atomic E-state index is 12.0. The van der Waals surface area contributed by atoms with Crippen molar-refractivity contribution in [2.24, 2.45) is 7.05 Å². The maximum Gasteiger partial charge on any atom is 0.271 e. The number of nitrogens with zero attached hydrogens (tertiary/aromatic N) is 3. The summed E-state index contributed by atoms with van der Waals surface area (Å²) < 4.78 is 1.68. The zero-order valence-electron chi connectivity index (χ0n) is 10.8. The van der Waals surface area contributed by atoms with E-state index in [0.717, 1.165) is 18.2 Å². The van der Waals surface area contributed by atoms with Crippen LogP contribution in [0.4, 0.5) is 0 Å². The van der Waals surface area contributed by atoms with E-state index >= 15 is 0 Å². The van der Waals surface area contributed by atoms with Crippen LogP contribution in [0, 0.1) is 0 Å². The number of hydrogen-bond donors (Lipinski definition) is 2. The Kier molecular flexibility index (Phi) is 3.74. The molecule has 0 saturated carbocycles. The van der Waals surface area contributed by atoms with Gasteiger partial charge in [-0.25, -0.2) is 4.98 Å². The van der Waals surface area contributed by atoms with Gasteiger partial charge in [-0.2, -0.15) is 5.10 Å². The Labute approximate surface area is 109 Å². The molecule has 0 aliphatic carbocycles. The number of H-pyrrole nitrogens is 1. The number of aryl methyl sites for hydroxylation is 1. The van der Waals surface area contributed by atoms with Crippen LogP contribution in [0.5, 0.6) is 0 Å². The lowest BCUT2D eigenvalue weighted by molar-refractivity contribution is 0.0930. The van der Waals surface area contributed by atoms with Gasteiger partial charge in [0.15, 0.2) is 0 Å². The second-order valence-electron chi connectivity index (χ2n) is 4.18. The van der Waals surface area contributed by atoms with Crippen LogP contribution in [-0.4, -0.2) is 25.7 Å². The molecule has 0 radical (unpaired) electrons. The lowest BCUT2D eigenvalue weighted by Crippen LogP contribution is -2.29. The quantitative estimate of drug-likeness (QED) is 0.832. The first-order valence-electron chi connectivity index (χ1n) is 5.94. The Morgan fingerprint density at radius 2 is 2.32 bits per heavy atom. The van der Waals surface area contributed by atoms with Crippen molar-refractivity contribution in [3.63, 3.8) is 0 Å². The van der Waals surface area contributed by atoms with Crippen LogP contribution >= 0.6 is 0 Å². The monoisotopic (exact) mass is 261 g/mol. The van der Waals surface area contributed by atoms with Gasteiger partial charge in [-0.05, 0) is 6.42 Å². The normalized spacial score (nSPS) is 12.1. The van der Waals surface area contributed by atoms with Crippen molar-refractivity contribution in [1.29, 1.82) is 0 Å². The molecule has 0 spiro atoms. The number of hydrogen-bond acceptors (Lipinski definition) is 4. The van der Waals surface area contributed by atoms with E-state index < -0.39 is 0 Å². The second kappa shape index (κ2) is 5.47. The lowest BCUT2D eigenvalue weighted by atomic mass is 10.1. The molecule has 0 fully saturated rings. The van der Waals surface area contributed by atoms with Crippen LogP contribution in [0.2, 0.25) is 0 Å². The van der Waals surface area contributed by atoms with Gasteiger partial charge in [-0.1, -0.05) is 6.92 Å². The number of carbonyl (C=O) groups is 1. The molecule has 1 amide bonds. The highest BCUT2D eigenvalue weighted by Gasteiger charge is 2.16. The van der Waals surface area contributed by atoms with Crippen LogP contribution in [0.15, 0.2) is 29.6 Å². The summed E-state index contributed by atoms with van der Waals surface area (Å²) in [5, 5.41) is 6.93. The highest BCUT2D eigenvalue weighted by atomic mass is 16.2. The van der Waals surface area contributed by atoms with E-state index in [-0.39, 0.29) is 23.2 Å². The zero-order valence-corrected chi connectivity index (χ0v) is 10.8. The number of rotatable bonds is 4. The molecule has 19 heavy (non-hydrogen) atoms. The molecule has 1 atom stereocenters. The molecule has 1 unspecified atom stereocenters. The van der Waals surface area contributed by atoms with Gasteiger partial charge in [0.2, 0.25) is 0 Å². The van der Waals surface area contributed by atoms with E-state index in [0.29, 0.717) is 0 Å². The third kappa shape index (κ3) is 3.06. The van der Waals surface area contributed by atoms with Crippen LogP contribution in [-0.2, 0) is 7.05 Å². The summed E-state index contributed by atoms with van der Waals surface area (Å²) in [7, 11) is 1.82. The van der Waals surface area contributed by atoms with Gasteiger partial charge in [0.25, 0.3) is 11.5 Å². The zero-order chi connectivity index (χ0) is 13.8. The van der Waals surface area contributed by atoms with Gasteiger partial charge in [-0.15, -0.1) is 0 Å². The minimum absolute atomic E-state index is 0.130. The average Bonchev–Trinajstić information content (AvgIpc) is 2.83. The van der Waals surface area contributed by atoms with Gasteiger partial charge in [-0.3, -0.25) is 14.3 Å². The largest absolute Gasteiger partial charge is 0.344 e. The van der Waals surface area contributed by atoms with E-state index in [1.807, 2.05) is 20.2 Å². The van der Waals surface area contributed by atoms with Gasteiger partial charge in [0.05, 0.1) is 18.4 Å². The van der Waals surface area contributed by atoms with E-state index in [4.69, 9.17) is 0 Å². The summed E-state index contributed by atoms with van der Waals surface area (Å²) in [6.45, 7) is 1.97. The molecule has 0 bridgehead atoms. The van der Waals surface area contributed by atoms with Crippen LogP contribution in [0.25, 0.3) is 0 Å². The summed E-state index contributed by atoms with van der Waals surface area (Å²) in [4.78, 5) is 29.1. The predicted octanol–water partition coefficient (Wildman–Crippen LogP) is 0.384. The molecular formula is C12H15N5O2. The van der Waals surface area contributed by atoms with E-state index in [1.54, 1.807) is 10.9 Å². The molecule has 2 rings (SSSR count). The predicted molar refractivity (Wildman–Crippen MR) is 68.6 cm³/mol. The number of aromatic nitrogens is 4. The average molecular weight is 261 g/mol. The fraction of sp³-hybridized carbons (Fsp3) is 0.333. The number of nitrogens with one attached hydrogen (secondary N) is 2. The third-order valence-electron chi connectivity index (χ3n) is 2.75. The van der Waals surface area contributed by atoms with Gasteiger partial charge in [0, 0.05) is 25.0 Å². The Hall–Kier alpha value is -2.44. The molecule has 2 heterocycles. The van der Waals surface area contributed by atoms with Crippen LogP contribution < -0.4 is 10.9 Å². The Morgan fingerprint density at radius 1 is 1.53 bits per heavy atom. The Bertz CT molecular complexity index is 611. The smallest absolute Gasteiger partial charge is 0.271 e. The molecule has 100 valence electrons. The van der Waals surface area contributed by atoms with Gasteiger partial charge in [0.1, 0.15) is 5.69 Å². The first kappa shape index (κ1) is 13.0. The highest BCUT2D eigenvalue weighted by Crippen LogP contribution is 2.15. The maximum atomic E-state index is 12.0. The minimum atomic E-state index is -0.337. The van der Waals surface area contributed by atoms with Crippen molar-refractivity contribution in [1.82, 2.24) is 25.1 Å². The molecule has 2 aromatic rings. The second-order valence-corrected chi connectivity index (χ2v) is 4.18. The summed E-state index contributed by atoms with van der Waals surface area (Å²) >= 11 is 0. The van der Waals surface area contributed by atoms with Crippen molar-refractivity contribution in [3.8, 4) is 0 Å². The Balaban J connectivity index is 2.12. The van der Waals surface area contributed by atoms with Crippen molar-refractivity contribution >= 4 is 5.91 Å². The fourth-order valence-corrected chi connectivity index (χ4v) is 1.74. The van der Waals surface area contributed by atoms with Crippen molar-refractivity contribution in [2.45, 2.75) is 19.4 Å². The molecule has 0 aromatic carbocycles. The summed E-state index contributed by atoms with van der Waals surface area (Å²) in [5.41, 5.74) is 0.778. The lowest BCUT2D eigenvalue weighted by Gasteiger charge is -2.14. The van der Waals surface area contributed by atoms with E-state index in [9.17, 15) is 9.59 Å². The molecule has 7 nitrogen and oxygen atoms in total. The van der Waals surface area contributed by atoms with Gasteiger partial charge < -0.3 is 10.3 Å². The van der Waals surface area contributed by atoms with Crippen LogP contribution in [0.1, 0.15) is 35.4 Å². The molecule has 2 N–H and O–H groups in total. The first-order chi connectivity index (χ1) is 9.10. The molecule has 0 aliphatic rings. The topological polar surface area (TPSA) is 92.7 Å². The van der Waals surface area contributed by atoms with Gasteiger partial charge >= 0.3 is 0 Å². The van der Waals surface area contributed by atoms with E-state index in [1.165, 1.54) is 6.20 Å².